The van der Waals surface area contributed by atoms with Crippen LogP contribution in [-0.4, -0.2) is 25.2 Å². The Morgan fingerprint density at radius 1 is 1.37 bits per heavy atom. The average molecular weight is 299 g/mol. The molecule has 1 saturated carbocycles. The fourth-order valence-corrected chi connectivity index (χ4v) is 5.26. The Kier molecular flexibility index (Phi) is 3.19. The van der Waals surface area contributed by atoms with Gasteiger partial charge in [-0.1, -0.05) is 0 Å². The van der Waals surface area contributed by atoms with E-state index in [9.17, 15) is 9.13 Å². The van der Waals surface area contributed by atoms with Crippen LogP contribution in [0.15, 0.2) is 12.7 Å². The number of rotatable bonds is 3. The lowest BCUT2D eigenvalue weighted by molar-refractivity contribution is 0.439. The summed E-state index contributed by atoms with van der Waals surface area (Å²) < 4.78 is 25.2. The van der Waals surface area contributed by atoms with Crippen LogP contribution in [-0.2, 0) is 14.4 Å². The van der Waals surface area contributed by atoms with Crippen molar-refractivity contribution in [1.29, 1.82) is 0 Å². The van der Waals surface area contributed by atoms with E-state index in [0.717, 1.165) is 19.3 Å². The zero-order valence-corrected chi connectivity index (χ0v) is 12.5. The third kappa shape index (κ3) is 1.76. The standard InChI is InChI=1S/C10H15N5O2P2/c11-8-7-9(13-4-12-8)15(5-14-7)10(19-17)3-1-2-6(10)18-16/h4-6H,1-3,18-19H2,(H2,11,12,13). The van der Waals surface area contributed by atoms with Crippen LogP contribution in [0.25, 0.3) is 11.2 Å². The Hall–Kier alpha value is -1.19. The molecule has 9 heteroatoms. The van der Waals surface area contributed by atoms with Crippen molar-refractivity contribution in [2.75, 3.05) is 5.73 Å². The first kappa shape index (κ1) is 12.8. The minimum atomic E-state index is -1.12. The molecule has 1 aliphatic rings. The van der Waals surface area contributed by atoms with Crippen LogP contribution in [0.5, 0.6) is 0 Å². The quantitative estimate of drug-likeness (QED) is 0.852. The van der Waals surface area contributed by atoms with Crippen LogP contribution in [0.2, 0.25) is 0 Å². The van der Waals surface area contributed by atoms with E-state index in [1.165, 1.54) is 6.33 Å². The van der Waals surface area contributed by atoms with Gasteiger partial charge in [-0.2, -0.15) is 0 Å². The highest BCUT2D eigenvalue weighted by Gasteiger charge is 2.44. The first-order valence-corrected chi connectivity index (χ1v) is 8.27. The van der Waals surface area contributed by atoms with Crippen LogP contribution in [0, 0.1) is 0 Å². The van der Waals surface area contributed by atoms with E-state index < -0.39 is 22.2 Å². The number of aromatic nitrogens is 4. The number of imidazole rings is 1. The van der Waals surface area contributed by atoms with Gasteiger partial charge in [0.15, 0.2) is 11.5 Å². The van der Waals surface area contributed by atoms with E-state index in [-0.39, 0.29) is 5.66 Å². The van der Waals surface area contributed by atoms with Crippen molar-refractivity contribution in [3.05, 3.63) is 12.7 Å². The fraction of sp³-hybridized carbons (Fsp3) is 0.500. The number of nitrogen functional groups attached to an aromatic ring is 1. The molecule has 19 heavy (non-hydrogen) atoms. The molecule has 2 heterocycles. The first-order chi connectivity index (χ1) is 9.23. The molecular weight excluding hydrogens is 284 g/mol. The van der Waals surface area contributed by atoms with Gasteiger partial charge in [-0.15, -0.1) is 0 Å². The molecule has 0 spiro atoms. The SMILES string of the molecule is Nc1ncnc2c1ncn2C1([PH2]=O)CCCC1[PH2]=O. The molecule has 1 aliphatic carbocycles. The van der Waals surface area contributed by atoms with Gasteiger partial charge in [0.1, 0.15) is 17.1 Å². The third-order valence-electron chi connectivity index (χ3n) is 3.91. The second-order valence-corrected chi connectivity index (χ2v) is 7.10. The topological polar surface area (TPSA) is 104 Å². The average Bonchev–Trinajstić information content (AvgIpc) is 3.02. The van der Waals surface area contributed by atoms with E-state index >= 15 is 0 Å². The molecule has 0 radical (unpaired) electrons. The van der Waals surface area contributed by atoms with Gasteiger partial charge in [0.05, 0.1) is 23.2 Å². The molecule has 0 saturated heterocycles. The molecule has 4 unspecified atom stereocenters. The lowest BCUT2D eigenvalue weighted by Gasteiger charge is -2.29. The van der Waals surface area contributed by atoms with Crippen LogP contribution in [0.1, 0.15) is 19.3 Å². The Labute approximate surface area is 112 Å². The monoisotopic (exact) mass is 299 g/mol. The number of hydrogen-bond acceptors (Lipinski definition) is 6. The predicted molar refractivity (Wildman–Crippen MR) is 76.1 cm³/mol. The number of fused-ring (bicyclic) bond motifs is 1. The Morgan fingerprint density at radius 3 is 2.95 bits per heavy atom. The van der Waals surface area contributed by atoms with Crippen LogP contribution >= 0.6 is 16.9 Å². The smallest absolute Gasteiger partial charge is 0.166 e. The van der Waals surface area contributed by atoms with Gasteiger partial charge in [-0.3, -0.25) is 0 Å². The summed E-state index contributed by atoms with van der Waals surface area (Å²) in [7, 11) is -2.09. The largest absolute Gasteiger partial charge is 0.382 e. The predicted octanol–water partition coefficient (Wildman–Crippen LogP) is 1.13. The molecule has 3 rings (SSSR count). The number of nitrogens with two attached hydrogens (primary N) is 1. The molecule has 1 fully saturated rings. The van der Waals surface area contributed by atoms with Crippen LogP contribution < -0.4 is 5.73 Å². The molecule has 7 nitrogen and oxygen atoms in total. The van der Waals surface area contributed by atoms with Crippen LogP contribution in [0.4, 0.5) is 5.82 Å². The summed E-state index contributed by atoms with van der Waals surface area (Å²) in [6, 6.07) is 0. The summed E-state index contributed by atoms with van der Waals surface area (Å²) in [6.45, 7) is 0. The van der Waals surface area contributed by atoms with Gasteiger partial charge in [-0.25, -0.2) is 15.0 Å². The highest BCUT2D eigenvalue weighted by molar-refractivity contribution is 7.30. The van der Waals surface area contributed by atoms with Gasteiger partial charge < -0.3 is 19.4 Å². The number of hydrogen-bond donors (Lipinski definition) is 1. The highest BCUT2D eigenvalue weighted by atomic mass is 31.1. The van der Waals surface area contributed by atoms with Crippen molar-refractivity contribution in [2.24, 2.45) is 0 Å². The minimum Gasteiger partial charge on any atom is -0.382 e. The van der Waals surface area contributed by atoms with E-state index in [2.05, 4.69) is 15.0 Å². The maximum atomic E-state index is 11.9. The van der Waals surface area contributed by atoms with Gasteiger partial charge in [0.2, 0.25) is 0 Å². The van der Waals surface area contributed by atoms with Gasteiger partial charge >= 0.3 is 0 Å². The summed E-state index contributed by atoms with van der Waals surface area (Å²) in [5.74, 6) is 0.309. The van der Waals surface area contributed by atoms with Gasteiger partial charge in [-0.05, 0) is 19.3 Å². The fourth-order valence-electron chi connectivity index (χ4n) is 2.89. The van der Waals surface area contributed by atoms with Crippen molar-refractivity contribution >= 4 is 33.9 Å². The molecule has 4 atom stereocenters. The molecule has 2 aromatic heterocycles. The van der Waals surface area contributed by atoms with Crippen LogP contribution in [0.3, 0.4) is 0 Å². The lowest BCUT2D eigenvalue weighted by atomic mass is 10.2. The first-order valence-electron chi connectivity index (χ1n) is 6.08. The molecule has 2 N–H and O–H groups in total. The van der Waals surface area contributed by atoms with Crippen molar-refractivity contribution in [1.82, 2.24) is 19.5 Å². The molecular formula is C10H15N5O2P2. The Balaban J connectivity index is 2.25. The van der Waals surface area contributed by atoms with E-state index in [1.54, 1.807) is 6.33 Å². The lowest BCUT2D eigenvalue weighted by Crippen LogP contribution is -2.32. The van der Waals surface area contributed by atoms with E-state index in [1.807, 2.05) is 4.57 Å². The zero-order chi connectivity index (χ0) is 13.5. The van der Waals surface area contributed by atoms with Crippen molar-refractivity contribution in [3.63, 3.8) is 0 Å². The van der Waals surface area contributed by atoms with Gasteiger partial charge in [0.25, 0.3) is 0 Å². The van der Waals surface area contributed by atoms with E-state index in [4.69, 9.17) is 5.73 Å². The maximum absolute atomic E-state index is 11.9. The summed E-state index contributed by atoms with van der Waals surface area (Å²) in [6.07, 6.45) is 5.50. The number of anilines is 1. The summed E-state index contributed by atoms with van der Waals surface area (Å²) in [4.78, 5) is 12.3. The molecule has 2 aromatic rings. The van der Waals surface area contributed by atoms with Crippen molar-refractivity contribution < 1.29 is 9.13 Å². The second-order valence-electron chi connectivity index (χ2n) is 4.79. The molecule has 0 bridgehead atoms. The molecule has 102 valence electrons. The Morgan fingerprint density at radius 2 is 2.21 bits per heavy atom. The zero-order valence-electron chi connectivity index (χ0n) is 10.2. The number of nitrogens with zero attached hydrogens (tertiary/aromatic N) is 4. The second kappa shape index (κ2) is 4.73. The normalized spacial score (nSPS) is 28.3. The summed E-state index contributed by atoms with van der Waals surface area (Å²) in [5, 5.41) is -0.591. The Bertz CT molecular complexity index is 660. The molecule has 0 aromatic carbocycles. The summed E-state index contributed by atoms with van der Waals surface area (Å²) >= 11 is 0. The van der Waals surface area contributed by atoms with Gasteiger partial charge in [0, 0.05) is 5.66 Å². The van der Waals surface area contributed by atoms with E-state index in [0.29, 0.717) is 17.0 Å². The molecule has 0 amide bonds. The maximum Gasteiger partial charge on any atom is 0.166 e. The van der Waals surface area contributed by atoms with Crippen molar-refractivity contribution in [3.8, 4) is 0 Å². The van der Waals surface area contributed by atoms with Crippen molar-refractivity contribution in [2.45, 2.75) is 30.2 Å². The highest BCUT2D eigenvalue weighted by Crippen LogP contribution is 2.51. The summed E-state index contributed by atoms with van der Waals surface area (Å²) in [5.41, 5.74) is 6.81. The minimum absolute atomic E-state index is 0.0476. The third-order valence-corrected chi connectivity index (χ3v) is 6.94. The molecule has 0 aliphatic heterocycles.